The van der Waals surface area contributed by atoms with Crippen molar-refractivity contribution in [2.75, 3.05) is 23.2 Å². The smallest absolute Gasteiger partial charge is 0.283 e. The van der Waals surface area contributed by atoms with Crippen LogP contribution in [-0.2, 0) is 17.1 Å². The Morgan fingerprint density at radius 3 is 2.57 bits per heavy atom. The van der Waals surface area contributed by atoms with Crippen LogP contribution in [-0.4, -0.2) is 36.2 Å². The van der Waals surface area contributed by atoms with Crippen molar-refractivity contribution in [2.45, 2.75) is 11.9 Å². The lowest BCUT2D eigenvalue weighted by molar-refractivity contribution is 0.306. The molecule has 2 rings (SSSR count). The molecule has 2 aromatic rings. The van der Waals surface area contributed by atoms with Crippen LogP contribution >= 0.6 is 0 Å². The van der Waals surface area contributed by atoms with Crippen molar-refractivity contribution in [3.8, 4) is 0 Å². The molecule has 0 radical (unpaired) electrons. The summed E-state index contributed by atoms with van der Waals surface area (Å²) >= 11 is 0. The zero-order chi connectivity index (χ0) is 15.6. The van der Waals surface area contributed by atoms with E-state index in [0.717, 1.165) is 4.31 Å². The van der Waals surface area contributed by atoms with Crippen LogP contribution < -0.4 is 10.0 Å². The van der Waals surface area contributed by atoms with Gasteiger partial charge in [-0.05, 0) is 19.1 Å². The number of para-hydroxylation sites is 2. The van der Waals surface area contributed by atoms with E-state index in [-0.39, 0.29) is 18.2 Å². The molecule has 1 heterocycles. The second kappa shape index (κ2) is 5.74. The molecule has 0 saturated carbocycles. The highest BCUT2D eigenvalue weighted by Gasteiger charge is 2.28. The van der Waals surface area contributed by atoms with E-state index >= 15 is 0 Å². The van der Waals surface area contributed by atoms with Crippen LogP contribution in [0.1, 0.15) is 5.82 Å². The van der Waals surface area contributed by atoms with Gasteiger partial charge in [0.05, 0.1) is 24.5 Å². The number of aromatic nitrogens is 2. The number of rotatable bonds is 5. The molecular weight excluding hydrogens is 292 g/mol. The average molecular weight is 310 g/mol. The van der Waals surface area contributed by atoms with E-state index in [0.29, 0.717) is 17.2 Å². The summed E-state index contributed by atoms with van der Waals surface area (Å²) in [5.41, 5.74) is 6.50. The number of anilines is 2. The van der Waals surface area contributed by atoms with Gasteiger partial charge in [-0.15, -0.1) is 0 Å². The summed E-state index contributed by atoms with van der Waals surface area (Å²) < 4.78 is 28.1. The van der Waals surface area contributed by atoms with E-state index in [9.17, 15) is 13.5 Å². The van der Waals surface area contributed by atoms with E-state index in [1.54, 1.807) is 42.8 Å². The maximum atomic E-state index is 12.7. The molecule has 8 heteroatoms. The Labute approximate surface area is 123 Å². The first-order valence-electron chi connectivity index (χ1n) is 6.36. The van der Waals surface area contributed by atoms with Crippen molar-refractivity contribution in [2.24, 2.45) is 7.05 Å². The van der Waals surface area contributed by atoms with Gasteiger partial charge in [-0.1, -0.05) is 12.1 Å². The molecule has 0 bridgehead atoms. The van der Waals surface area contributed by atoms with E-state index in [2.05, 4.69) is 4.98 Å². The Morgan fingerprint density at radius 2 is 2.05 bits per heavy atom. The van der Waals surface area contributed by atoms with Gasteiger partial charge in [0.15, 0.2) is 5.03 Å². The summed E-state index contributed by atoms with van der Waals surface area (Å²) in [6.07, 6.45) is 1.44. The lowest BCUT2D eigenvalue weighted by Gasteiger charge is -2.23. The molecular formula is C13H18N4O3S. The molecule has 0 amide bonds. The van der Waals surface area contributed by atoms with Crippen molar-refractivity contribution in [3.05, 3.63) is 36.3 Å². The first-order chi connectivity index (χ1) is 9.87. The number of aliphatic hydroxyl groups is 1. The molecule has 0 atom stereocenters. The van der Waals surface area contributed by atoms with Gasteiger partial charge in [0.2, 0.25) is 0 Å². The Bertz CT molecular complexity index is 720. The quantitative estimate of drug-likeness (QED) is 0.783. The topological polar surface area (TPSA) is 101 Å². The lowest BCUT2D eigenvalue weighted by Crippen LogP contribution is -2.34. The number of aliphatic hydroxyl groups excluding tert-OH is 1. The zero-order valence-corrected chi connectivity index (χ0v) is 12.7. The van der Waals surface area contributed by atoms with Crippen molar-refractivity contribution in [1.29, 1.82) is 0 Å². The van der Waals surface area contributed by atoms with Crippen LogP contribution in [0.15, 0.2) is 35.5 Å². The van der Waals surface area contributed by atoms with Crippen LogP contribution in [0.5, 0.6) is 0 Å². The van der Waals surface area contributed by atoms with Gasteiger partial charge in [0.1, 0.15) is 5.82 Å². The fourth-order valence-electron chi connectivity index (χ4n) is 1.94. The third-order valence-corrected chi connectivity index (χ3v) is 4.83. The number of benzene rings is 1. The van der Waals surface area contributed by atoms with Crippen LogP contribution in [0.2, 0.25) is 0 Å². The molecule has 0 aliphatic rings. The van der Waals surface area contributed by atoms with E-state index in [4.69, 9.17) is 5.73 Å². The monoisotopic (exact) mass is 310 g/mol. The predicted molar refractivity (Wildman–Crippen MR) is 80.4 cm³/mol. The van der Waals surface area contributed by atoms with Crippen molar-refractivity contribution < 1.29 is 13.5 Å². The summed E-state index contributed by atoms with van der Waals surface area (Å²) in [5.74, 6) is 0.582. The van der Waals surface area contributed by atoms with Gasteiger partial charge in [0.25, 0.3) is 10.0 Å². The van der Waals surface area contributed by atoms with E-state index in [1.807, 2.05) is 0 Å². The Morgan fingerprint density at radius 1 is 1.38 bits per heavy atom. The average Bonchev–Trinajstić information content (AvgIpc) is 2.78. The second-order valence-electron chi connectivity index (χ2n) is 4.60. The molecule has 3 N–H and O–H groups in total. The van der Waals surface area contributed by atoms with E-state index < -0.39 is 10.0 Å². The highest BCUT2D eigenvalue weighted by molar-refractivity contribution is 7.92. The van der Waals surface area contributed by atoms with Crippen LogP contribution in [0.4, 0.5) is 11.4 Å². The third kappa shape index (κ3) is 2.86. The molecule has 114 valence electrons. The minimum atomic E-state index is -3.88. The van der Waals surface area contributed by atoms with Gasteiger partial charge in [0, 0.05) is 13.2 Å². The van der Waals surface area contributed by atoms with Gasteiger partial charge >= 0.3 is 0 Å². The molecule has 0 aliphatic carbocycles. The molecule has 0 spiro atoms. The van der Waals surface area contributed by atoms with Crippen molar-refractivity contribution >= 4 is 21.4 Å². The van der Waals surface area contributed by atoms with Gasteiger partial charge in [-0.3, -0.25) is 4.31 Å². The SMILES string of the molecule is Cc1nc(S(=O)(=O)N(CCO)c2ccccc2N)cn1C. The summed E-state index contributed by atoms with van der Waals surface area (Å²) in [6, 6.07) is 6.61. The Balaban J connectivity index is 2.54. The predicted octanol–water partition coefficient (Wildman–Crippen LogP) is 0.498. The number of nitrogens with zero attached hydrogens (tertiary/aromatic N) is 3. The number of hydrogen-bond acceptors (Lipinski definition) is 5. The maximum absolute atomic E-state index is 12.7. The molecule has 0 fully saturated rings. The highest BCUT2D eigenvalue weighted by atomic mass is 32.2. The molecule has 1 aromatic carbocycles. The molecule has 0 aliphatic heterocycles. The number of aryl methyl sites for hydroxylation is 2. The second-order valence-corrected chi connectivity index (χ2v) is 6.41. The number of hydrogen-bond donors (Lipinski definition) is 2. The molecule has 7 nitrogen and oxygen atoms in total. The lowest BCUT2D eigenvalue weighted by atomic mass is 10.3. The van der Waals surface area contributed by atoms with Crippen LogP contribution in [0.3, 0.4) is 0 Å². The van der Waals surface area contributed by atoms with Crippen molar-refractivity contribution in [1.82, 2.24) is 9.55 Å². The normalized spacial score (nSPS) is 11.6. The van der Waals surface area contributed by atoms with E-state index in [1.165, 1.54) is 6.20 Å². The summed E-state index contributed by atoms with van der Waals surface area (Å²) in [4.78, 5) is 4.05. The number of imidazole rings is 1. The summed E-state index contributed by atoms with van der Waals surface area (Å²) in [7, 11) is -2.16. The third-order valence-electron chi connectivity index (χ3n) is 3.15. The fourth-order valence-corrected chi connectivity index (χ4v) is 3.45. The summed E-state index contributed by atoms with van der Waals surface area (Å²) in [6.45, 7) is 1.30. The minimum absolute atomic E-state index is 0.0702. The molecule has 0 unspecified atom stereocenters. The molecule has 1 aromatic heterocycles. The van der Waals surface area contributed by atoms with Gasteiger partial charge in [-0.2, -0.15) is 8.42 Å². The highest BCUT2D eigenvalue weighted by Crippen LogP contribution is 2.27. The van der Waals surface area contributed by atoms with Crippen molar-refractivity contribution in [3.63, 3.8) is 0 Å². The van der Waals surface area contributed by atoms with Gasteiger partial charge < -0.3 is 15.4 Å². The zero-order valence-electron chi connectivity index (χ0n) is 11.9. The summed E-state index contributed by atoms with van der Waals surface area (Å²) in [5, 5.41) is 9.12. The maximum Gasteiger partial charge on any atom is 0.283 e. The fraction of sp³-hybridized carbons (Fsp3) is 0.308. The number of nitrogens with two attached hydrogens (primary N) is 1. The van der Waals surface area contributed by atoms with Gasteiger partial charge in [-0.25, -0.2) is 4.98 Å². The Hall–Kier alpha value is -2.06. The largest absolute Gasteiger partial charge is 0.397 e. The first kappa shape index (κ1) is 15.3. The minimum Gasteiger partial charge on any atom is -0.397 e. The van der Waals surface area contributed by atoms with Crippen LogP contribution in [0.25, 0.3) is 0 Å². The first-order valence-corrected chi connectivity index (χ1v) is 7.80. The molecule has 0 saturated heterocycles. The standard InChI is InChI=1S/C13H18N4O3S/c1-10-15-13(9-16(10)2)21(19,20)17(7-8-18)12-6-4-3-5-11(12)14/h3-6,9,18H,7-8,14H2,1-2H3. The number of nitrogen functional groups attached to an aromatic ring is 1. The number of sulfonamides is 1. The van der Waals surface area contributed by atoms with Crippen LogP contribution in [0, 0.1) is 6.92 Å². The molecule has 21 heavy (non-hydrogen) atoms. The Kier molecular flexibility index (Phi) is 4.19.